The standard InChI is InChI=1S/C19H26N4O5/c1-11(20-18(27)28-19(2,3)4)15(24)21-14-12-9-7-8-10-13(12)16(25)22(5)23(6)17(14)26/h7-11,14H,1-6H3,(H,20,27)(H,21,24)/t11-,14?/m0/s1. The number of hydrogen-bond donors (Lipinski definition) is 2. The number of hydrazine groups is 1. The van der Waals surface area contributed by atoms with Crippen molar-refractivity contribution in [3.05, 3.63) is 35.4 Å². The molecule has 1 heterocycles. The third-order valence-corrected chi connectivity index (χ3v) is 4.23. The third-order valence-electron chi connectivity index (χ3n) is 4.23. The number of alkyl carbamates (subject to hydrolysis) is 1. The summed E-state index contributed by atoms with van der Waals surface area (Å²) in [5.41, 5.74) is 0.0108. The van der Waals surface area contributed by atoms with E-state index in [1.54, 1.807) is 45.0 Å². The van der Waals surface area contributed by atoms with Crippen LogP contribution in [0.25, 0.3) is 0 Å². The summed E-state index contributed by atoms with van der Waals surface area (Å²) in [5, 5.41) is 7.40. The molecule has 0 bridgehead atoms. The lowest BCUT2D eigenvalue weighted by atomic mass is 9.99. The monoisotopic (exact) mass is 390 g/mol. The van der Waals surface area contributed by atoms with E-state index in [4.69, 9.17) is 4.74 Å². The van der Waals surface area contributed by atoms with Crippen LogP contribution in [-0.2, 0) is 14.3 Å². The summed E-state index contributed by atoms with van der Waals surface area (Å²) in [6.45, 7) is 6.61. The number of fused-ring (bicyclic) bond motifs is 1. The van der Waals surface area contributed by atoms with Crippen LogP contribution in [0.4, 0.5) is 4.79 Å². The van der Waals surface area contributed by atoms with Crippen molar-refractivity contribution in [1.82, 2.24) is 20.7 Å². The number of rotatable bonds is 3. The number of carbonyl (C=O) groups is 4. The Balaban J connectivity index is 2.22. The zero-order chi connectivity index (χ0) is 21.2. The maximum absolute atomic E-state index is 12.8. The lowest BCUT2D eigenvalue weighted by molar-refractivity contribution is -0.144. The normalized spacial score (nSPS) is 18.1. The molecule has 152 valence electrons. The summed E-state index contributed by atoms with van der Waals surface area (Å²) in [4.78, 5) is 49.9. The van der Waals surface area contributed by atoms with Gasteiger partial charge in [-0.15, -0.1) is 0 Å². The SMILES string of the molecule is C[C@H](NC(=O)OC(C)(C)C)C(=O)NC1C(=O)N(C)N(C)C(=O)c2ccccc21. The Morgan fingerprint density at radius 3 is 2.32 bits per heavy atom. The summed E-state index contributed by atoms with van der Waals surface area (Å²) in [7, 11) is 2.93. The first kappa shape index (κ1) is 21.2. The number of likely N-dealkylation sites (N-methyl/N-ethyl adjacent to an activating group) is 1. The van der Waals surface area contributed by atoms with Gasteiger partial charge in [0.15, 0.2) is 0 Å². The molecule has 0 saturated heterocycles. The maximum Gasteiger partial charge on any atom is 0.408 e. The minimum atomic E-state index is -1.06. The number of benzene rings is 1. The number of ether oxygens (including phenoxy) is 1. The second kappa shape index (κ2) is 7.87. The van der Waals surface area contributed by atoms with Gasteiger partial charge in [-0.1, -0.05) is 18.2 Å². The van der Waals surface area contributed by atoms with E-state index in [0.29, 0.717) is 11.1 Å². The molecule has 0 aromatic heterocycles. The molecule has 2 rings (SSSR count). The largest absolute Gasteiger partial charge is 0.444 e. The number of nitrogens with zero attached hydrogens (tertiary/aromatic N) is 2. The molecule has 9 heteroatoms. The highest BCUT2D eigenvalue weighted by atomic mass is 16.6. The van der Waals surface area contributed by atoms with Gasteiger partial charge in [-0.3, -0.25) is 24.4 Å². The molecule has 1 aromatic rings. The minimum absolute atomic E-state index is 0.320. The van der Waals surface area contributed by atoms with Crippen molar-refractivity contribution in [2.45, 2.75) is 45.4 Å². The highest BCUT2D eigenvalue weighted by Crippen LogP contribution is 2.25. The summed E-state index contributed by atoms with van der Waals surface area (Å²) < 4.78 is 5.13. The van der Waals surface area contributed by atoms with Crippen LogP contribution < -0.4 is 10.6 Å². The van der Waals surface area contributed by atoms with Crippen LogP contribution in [0.1, 0.15) is 49.7 Å². The highest BCUT2D eigenvalue weighted by molar-refractivity contribution is 6.02. The molecule has 2 N–H and O–H groups in total. The van der Waals surface area contributed by atoms with Crippen molar-refractivity contribution in [2.75, 3.05) is 14.1 Å². The van der Waals surface area contributed by atoms with Gasteiger partial charge in [0.1, 0.15) is 17.7 Å². The van der Waals surface area contributed by atoms with Gasteiger partial charge in [-0.25, -0.2) is 4.79 Å². The van der Waals surface area contributed by atoms with Gasteiger partial charge >= 0.3 is 6.09 Å². The van der Waals surface area contributed by atoms with Gasteiger partial charge in [-0.05, 0) is 39.3 Å². The number of hydrogen-bond acceptors (Lipinski definition) is 5. The molecule has 0 saturated carbocycles. The fourth-order valence-electron chi connectivity index (χ4n) is 2.68. The molecule has 1 aliphatic rings. The van der Waals surface area contributed by atoms with Crippen molar-refractivity contribution in [2.24, 2.45) is 0 Å². The molecule has 28 heavy (non-hydrogen) atoms. The van der Waals surface area contributed by atoms with E-state index < -0.39 is 35.6 Å². The van der Waals surface area contributed by atoms with Gasteiger partial charge in [0.05, 0.1) is 0 Å². The van der Waals surface area contributed by atoms with Crippen molar-refractivity contribution < 1.29 is 23.9 Å². The third kappa shape index (κ3) is 4.59. The topological polar surface area (TPSA) is 108 Å². The van der Waals surface area contributed by atoms with E-state index in [0.717, 1.165) is 5.01 Å². The predicted molar refractivity (Wildman–Crippen MR) is 101 cm³/mol. The molecule has 1 unspecified atom stereocenters. The fraction of sp³-hybridized carbons (Fsp3) is 0.474. The molecule has 1 aliphatic heterocycles. The molecule has 0 fully saturated rings. The number of nitrogens with one attached hydrogen (secondary N) is 2. The van der Waals surface area contributed by atoms with E-state index in [1.807, 2.05) is 0 Å². The first-order chi connectivity index (χ1) is 12.9. The van der Waals surface area contributed by atoms with Crippen LogP contribution in [0.3, 0.4) is 0 Å². The molecular formula is C19H26N4O5. The van der Waals surface area contributed by atoms with E-state index in [9.17, 15) is 19.2 Å². The Morgan fingerprint density at radius 2 is 1.71 bits per heavy atom. The van der Waals surface area contributed by atoms with Crippen molar-refractivity contribution in [3.8, 4) is 0 Å². The van der Waals surface area contributed by atoms with E-state index >= 15 is 0 Å². The summed E-state index contributed by atoms with van der Waals surface area (Å²) >= 11 is 0. The second-order valence-electron chi connectivity index (χ2n) is 7.59. The Kier molecular flexibility index (Phi) is 5.96. The maximum atomic E-state index is 12.8. The Labute approximate surface area is 164 Å². The van der Waals surface area contributed by atoms with Gasteiger partial charge < -0.3 is 15.4 Å². The van der Waals surface area contributed by atoms with Crippen LogP contribution in [0, 0.1) is 0 Å². The van der Waals surface area contributed by atoms with Crippen LogP contribution in [-0.4, -0.2) is 59.6 Å². The minimum Gasteiger partial charge on any atom is -0.444 e. The van der Waals surface area contributed by atoms with Crippen LogP contribution in [0.2, 0.25) is 0 Å². The predicted octanol–water partition coefficient (Wildman–Crippen LogP) is 1.22. The van der Waals surface area contributed by atoms with Crippen molar-refractivity contribution in [3.63, 3.8) is 0 Å². The fourth-order valence-corrected chi connectivity index (χ4v) is 2.68. The van der Waals surface area contributed by atoms with Gasteiger partial charge in [0.2, 0.25) is 5.91 Å². The van der Waals surface area contributed by atoms with Crippen molar-refractivity contribution in [1.29, 1.82) is 0 Å². The van der Waals surface area contributed by atoms with Crippen molar-refractivity contribution >= 4 is 23.8 Å². The molecule has 0 aliphatic carbocycles. The second-order valence-corrected chi connectivity index (χ2v) is 7.59. The average molecular weight is 390 g/mol. The van der Waals surface area contributed by atoms with Gasteiger partial charge in [0.25, 0.3) is 11.8 Å². The molecular weight excluding hydrogens is 364 g/mol. The highest BCUT2D eigenvalue weighted by Gasteiger charge is 2.37. The Bertz CT molecular complexity index is 802. The molecule has 1 aromatic carbocycles. The molecule has 0 spiro atoms. The molecule has 0 radical (unpaired) electrons. The van der Waals surface area contributed by atoms with E-state index in [-0.39, 0.29) is 5.91 Å². The molecule has 2 atom stereocenters. The summed E-state index contributed by atoms with van der Waals surface area (Å²) in [6, 6.07) is 4.58. The molecule has 9 nitrogen and oxygen atoms in total. The van der Waals surface area contributed by atoms with Gasteiger partial charge in [-0.2, -0.15) is 0 Å². The first-order valence-electron chi connectivity index (χ1n) is 8.86. The lowest BCUT2D eigenvalue weighted by Crippen LogP contribution is -2.51. The summed E-state index contributed by atoms with van der Waals surface area (Å²) in [5.74, 6) is -1.41. The Hall–Kier alpha value is -3.10. The van der Waals surface area contributed by atoms with Gasteiger partial charge in [0, 0.05) is 19.7 Å². The zero-order valence-corrected chi connectivity index (χ0v) is 16.9. The average Bonchev–Trinajstić information content (AvgIpc) is 2.66. The van der Waals surface area contributed by atoms with Crippen LogP contribution >= 0.6 is 0 Å². The van der Waals surface area contributed by atoms with Crippen LogP contribution in [0.15, 0.2) is 24.3 Å². The smallest absolute Gasteiger partial charge is 0.408 e. The number of amides is 4. The Morgan fingerprint density at radius 1 is 1.11 bits per heavy atom. The lowest BCUT2D eigenvalue weighted by Gasteiger charge is -2.28. The van der Waals surface area contributed by atoms with E-state index in [1.165, 1.54) is 26.0 Å². The first-order valence-corrected chi connectivity index (χ1v) is 8.86. The van der Waals surface area contributed by atoms with Crippen LogP contribution in [0.5, 0.6) is 0 Å². The zero-order valence-electron chi connectivity index (χ0n) is 16.9. The number of carbonyl (C=O) groups excluding carboxylic acids is 4. The summed E-state index contributed by atoms with van der Waals surface area (Å²) in [6.07, 6.45) is -0.741. The van der Waals surface area contributed by atoms with E-state index in [2.05, 4.69) is 10.6 Å². The quantitative estimate of drug-likeness (QED) is 0.807. The molecule has 4 amide bonds.